The van der Waals surface area contributed by atoms with E-state index in [-0.39, 0.29) is 11.9 Å². The molecule has 0 aliphatic heterocycles. The third-order valence-electron chi connectivity index (χ3n) is 2.64. The van der Waals surface area contributed by atoms with Crippen LogP contribution in [0, 0.1) is 0 Å². The molecule has 1 amide bonds. The summed E-state index contributed by atoms with van der Waals surface area (Å²) in [6.45, 7) is 4.19. The number of aromatic nitrogens is 1. The standard InChI is InChI=1S/C13H21N3O/c1-3-4-5-6-10(2)16-13(17)12-8-7-11(14)9-15-12/h7-10H,3-6,14H2,1-2H3,(H,16,17). The van der Waals surface area contributed by atoms with Crippen molar-refractivity contribution in [1.29, 1.82) is 0 Å². The van der Waals surface area contributed by atoms with Crippen molar-refractivity contribution in [2.45, 2.75) is 45.6 Å². The summed E-state index contributed by atoms with van der Waals surface area (Å²) >= 11 is 0. The number of pyridine rings is 1. The van der Waals surface area contributed by atoms with Crippen LogP contribution in [-0.2, 0) is 0 Å². The number of nitrogens with zero attached hydrogens (tertiary/aromatic N) is 1. The van der Waals surface area contributed by atoms with Crippen molar-refractivity contribution < 1.29 is 4.79 Å². The highest BCUT2D eigenvalue weighted by atomic mass is 16.1. The van der Waals surface area contributed by atoms with E-state index in [9.17, 15) is 4.79 Å². The first-order valence-corrected chi connectivity index (χ1v) is 6.16. The molecule has 0 aliphatic rings. The molecule has 0 saturated carbocycles. The molecule has 0 aromatic carbocycles. The van der Waals surface area contributed by atoms with E-state index in [4.69, 9.17) is 5.73 Å². The number of nitrogens with two attached hydrogens (primary N) is 1. The Labute approximate surface area is 103 Å². The minimum absolute atomic E-state index is 0.131. The minimum atomic E-state index is -0.131. The normalized spacial score (nSPS) is 12.1. The number of hydrogen-bond donors (Lipinski definition) is 2. The fourth-order valence-electron chi connectivity index (χ4n) is 1.61. The third kappa shape index (κ3) is 4.85. The lowest BCUT2D eigenvalue weighted by Gasteiger charge is -2.13. The lowest BCUT2D eigenvalue weighted by atomic mass is 10.1. The smallest absolute Gasteiger partial charge is 0.270 e. The Balaban J connectivity index is 2.40. The zero-order valence-electron chi connectivity index (χ0n) is 10.6. The van der Waals surface area contributed by atoms with Crippen LogP contribution in [0.3, 0.4) is 0 Å². The molecule has 4 heteroatoms. The number of unbranched alkanes of at least 4 members (excludes halogenated alkanes) is 2. The van der Waals surface area contributed by atoms with Gasteiger partial charge in [0.15, 0.2) is 0 Å². The number of anilines is 1. The summed E-state index contributed by atoms with van der Waals surface area (Å²) in [6, 6.07) is 3.51. The number of hydrogen-bond acceptors (Lipinski definition) is 3. The quantitative estimate of drug-likeness (QED) is 0.744. The predicted molar refractivity (Wildman–Crippen MR) is 69.7 cm³/mol. The Morgan fingerprint density at radius 3 is 2.82 bits per heavy atom. The van der Waals surface area contributed by atoms with E-state index < -0.39 is 0 Å². The van der Waals surface area contributed by atoms with E-state index in [1.807, 2.05) is 6.92 Å². The monoisotopic (exact) mass is 235 g/mol. The molecule has 0 spiro atoms. The zero-order chi connectivity index (χ0) is 12.7. The average molecular weight is 235 g/mol. The fraction of sp³-hybridized carbons (Fsp3) is 0.538. The maximum atomic E-state index is 11.8. The second-order valence-corrected chi connectivity index (χ2v) is 4.35. The van der Waals surface area contributed by atoms with Crippen LogP contribution < -0.4 is 11.1 Å². The van der Waals surface area contributed by atoms with Gasteiger partial charge in [-0.2, -0.15) is 0 Å². The Morgan fingerprint density at radius 2 is 2.24 bits per heavy atom. The maximum Gasteiger partial charge on any atom is 0.270 e. The van der Waals surface area contributed by atoms with Crippen LogP contribution in [0.25, 0.3) is 0 Å². The van der Waals surface area contributed by atoms with Crippen LogP contribution in [0.5, 0.6) is 0 Å². The summed E-state index contributed by atoms with van der Waals surface area (Å²) in [5, 5.41) is 2.93. The van der Waals surface area contributed by atoms with Gasteiger partial charge in [0.1, 0.15) is 5.69 Å². The summed E-state index contributed by atoms with van der Waals surface area (Å²) in [7, 11) is 0. The van der Waals surface area contributed by atoms with Crippen LogP contribution in [0.1, 0.15) is 50.0 Å². The van der Waals surface area contributed by atoms with Gasteiger partial charge in [0.25, 0.3) is 5.91 Å². The summed E-state index contributed by atoms with van der Waals surface area (Å²) in [4.78, 5) is 15.8. The van der Waals surface area contributed by atoms with Crippen molar-refractivity contribution in [3.63, 3.8) is 0 Å². The van der Waals surface area contributed by atoms with Crippen LogP contribution in [-0.4, -0.2) is 16.9 Å². The molecule has 3 N–H and O–H groups in total. The molecule has 1 aromatic rings. The average Bonchev–Trinajstić information content (AvgIpc) is 2.30. The number of nitrogen functional groups attached to an aromatic ring is 1. The van der Waals surface area contributed by atoms with Crippen molar-refractivity contribution in [2.24, 2.45) is 0 Å². The van der Waals surface area contributed by atoms with E-state index in [0.29, 0.717) is 11.4 Å². The highest BCUT2D eigenvalue weighted by Crippen LogP contribution is 2.05. The highest BCUT2D eigenvalue weighted by Gasteiger charge is 2.10. The molecule has 1 unspecified atom stereocenters. The molecule has 0 bridgehead atoms. The van der Waals surface area contributed by atoms with Gasteiger partial charge in [0.05, 0.1) is 11.9 Å². The van der Waals surface area contributed by atoms with E-state index in [1.165, 1.54) is 19.0 Å². The minimum Gasteiger partial charge on any atom is -0.397 e. The van der Waals surface area contributed by atoms with Gasteiger partial charge in [0.2, 0.25) is 0 Å². The van der Waals surface area contributed by atoms with Gasteiger partial charge in [-0.3, -0.25) is 4.79 Å². The topological polar surface area (TPSA) is 68.0 Å². The Bertz CT molecular complexity index is 348. The summed E-state index contributed by atoms with van der Waals surface area (Å²) in [5.41, 5.74) is 6.50. The lowest BCUT2D eigenvalue weighted by Crippen LogP contribution is -2.33. The molecule has 0 saturated heterocycles. The Hall–Kier alpha value is -1.58. The first-order chi connectivity index (χ1) is 8.13. The number of amides is 1. The number of rotatable bonds is 6. The summed E-state index contributed by atoms with van der Waals surface area (Å²) in [5.74, 6) is -0.131. The van der Waals surface area contributed by atoms with Gasteiger partial charge in [0, 0.05) is 6.04 Å². The van der Waals surface area contributed by atoms with Crippen molar-refractivity contribution in [3.8, 4) is 0 Å². The van der Waals surface area contributed by atoms with Gasteiger partial charge in [-0.1, -0.05) is 26.2 Å². The molecule has 0 aliphatic carbocycles. The van der Waals surface area contributed by atoms with Crippen molar-refractivity contribution in [2.75, 3.05) is 5.73 Å². The molecule has 0 fully saturated rings. The van der Waals surface area contributed by atoms with E-state index in [1.54, 1.807) is 12.1 Å². The Morgan fingerprint density at radius 1 is 1.47 bits per heavy atom. The SMILES string of the molecule is CCCCCC(C)NC(=O)c1ccc(N)cn1. The molecular formula is C13H21N3O. The second-order valence-electron chi connectivity index (χ2n) is 4.35. The molecule has 1 heterocycles. The molecular weight excluding hydrogens is 214 g/mol. The first-order valence-electron chi connectivity index (χ1n) is 6.16. The van der Waals surface area contributed by atoms with Crippen molar-refractivity contribution >= 4 is 11.6 Å². The van der Waals surface area contributed by atoms with Crippen LogP contribution in [0.15, 0.2) is 18.3 Å². The highest BCUT2D eigenvalue weighted by molar-refractivity contribution is 5.92. The molecule has 1 atom stereocenters. The molecule has 4 nitrogen and oxygen atoms in total. The molecule has 94 valence electrons. The fourth-order valence-corrected chi connectivity index (χ4v) is 1.61. The number of nitrogens with one attached hydrogen (secondary N) is 1. The van der Waals surface area contributed by atoms with Crippen LogP contribution >= 0.6 is 0 Å². The summed E-state index contributed by atoms with van der Waals surface area (Å²) in [6.07, 6.45) is 6.05. The number of carbonyl (C=O) groups excluding carboxylic acids is 1. The molecule has 1 rings (SSSR count). The first kappa shape index (κ1) is 13.5. The summed E-state index contributed by atoms with van der Waals surface area (Å²) < 4.78 is 0. The van der Waals surface area contributed by atoms with E-state index >= 15 is 0 Å². The van der Waals surface area contributed by atoms with Gasteiger partial charge in [-0.25, -0.2) is 4.98 Å². The molecule has 1 aromatic heterocycles. The third-order valence-corrected chi connectivity index (χ3v) is 2.64. The van der Waals surface area contributed by atoms with Gasteiger partial charge in [-0.15, -0.1) is 0 Å². The largest absolute Gasteiger partial charge is 0.397 e. The Kier molecular flexibility index (Phi) is 5.46. The lowest BCUT2D eigenvalue weighted by molar-refractivity contribution is 0.0933. The van der Waals surface area contributed by atoms with E-state index in [0.717, 1.165) is 12.8 Å². The maximum absolute atomic E-state index is 11.8. The van der Waals surface area contributed by atoms with Gasteiger partial charge >= 0.3 is 0 Å². The molecule has 17 heavy (non-hydrogen) atoms. The number of carbonyl (C=O) groups is 1. The van der Waals surface area contributed by atoms with Gasteiger partial charge in [-0.05, 0) is 25.5 Å². The van der Waals surface area contributed by atoms with Crippen LogP contribution in [0.4, 0.5) is 5.69 Å². The van der Waals surface area contributed by atoms with Crippen LogP contribution in [0.2, 0.25) is 0 Å². The van der Waals surface area contributed by atoms with Crippen molar-refractivity contribution in [1.82, 2.24) is 10.3 Å². The predicted octanol–water partition coefficient (Wildman–Crippen LogP) is 2.36. The zero-order valence-corrected chi connectivity index (χ0v) is 10.6. The van der Waals surface area contributed by atoms with E-state index in [2.05, 4.69) is 17.2 Å². The van der Waals surface area contributed by atoms with Gasteiger partial charge < -0.3 is 11.1 Å². The molecule has 0 radical (unpaired) electrons. The second kappa shape index (κ2) is 6.89. The van der Waals surface area contributed by atoms with Crippen molar-refractivity contribution in [3.05, 3.63) is 24.0 Å².